The highest BCUT2D eigenvalue weighted by Crippen LogP contribution is 2.23. The van der Waals surface area contributed by atoms with Crippen molar-refractivity contribution >= 4 is 0 Å². The van der Waals surface area contributed by atoms with Crippen molar-refractivity contribution in [2.24, 2.45) is 0 Å². The summed E-state index contributed by atoms with van der Waals surface area (Å²) >= 11 is 0. The van der Waals surface area contributed by atoms with Crippen LogP contribution in [0.3, 0.4) is 0 Å². The van der Waals surface area contributed by atoms with Gasteiger partial charge in [-0.1, -0.05) is 36.4 Å². The van der Waals surface area contributed by atoms with Gasteiger partial charge in [-0.15, -0.1) is 0 Å². The zero-order valence-corrected chi connectivity index (χ0v) is 9.54. The molecule has 18 heavy (non-hydrogen) atoms. The number of hydrogen-bond acceptors (Lipinski definition) is 3. The van der Waals surface area contributed by atoms with Gasteiger partial charge in [-0.2, -0.15) is 10.5 Å². The highest BCUT2D eigenvalue weighted by Gasteiger charge is 2.12. The van der Waals surface area contributed by atoms with Gasteiger partial charge < -0.3 is 5.11 Å². The van der Waals surface area contributed by atoms with Crippen LogP contribution in [0, 0.1) is 22.7 Å². The molecule has 3 nitrogen and oxygen atoms in total. The van der Waals surface area contributed by atoms with Gasteiger partial charge >= 0.3 is 0 Å². The van der Waals surface area contributed by atoms with E-state index in [1.54, 1.807) is 18.2 Å². The van der Waals surface area contributed by atoms with Gasteiger partial charge in [0.2, 0.25) is 0 Å². The fourth-order valence-corrected chi connectivity index (χ4v) is 1.75. The Morgan fingerprint density at radius 2 is 1.50 bits per heavy atom. The van der Waals surface area contributed by atoms with Crippen molar-refractivity contribution in [3.63, 3.8) is 0 Å². The molecule has 0 radical (unpaired) electrons. The highest BCUT2D eigenvalue weighted by atomic mass is 16.3. The molecule has 0 amide bonds. The van der Waals surface area contributed by atoms with Crippen molar-refractivity contribution in [2.45, 2.75) is 6.10 Å². The summed E-state index contributed by atoms with van der Waals surface area (Å²) in [7, 11) is 0. The molecule has 0 fully saturated rings. The number of aliphatic hydroxyl groups is 1. The van der Waals surface area contributed by atoms with E-state index in [0.717, 1.165) is 5.56 Å². The molecule has 0 saturated heterocycles. The van der Waals surface area contributed by atoms with Crippen LogP contribution in [-0.2, 0) is 0 Å². The van der Waals surface area contributed by atoms with Crippen molar-refractivity contribution in [2.75, 3.05) is 0 Å². The minimum absolute atomic E-state index is 0.282. The highest BCUT2D eigenvalue weighted by molar-refractivity contribution is 5.48. The van der Waals surface area contributed by atoms with Gasteiger partial charge in [-0.05, 0) is 23.3 Å². The van der Waals surface area contributed by atoms with Crippen LogP contribution in [0.2, 0.25) is 0 Å². The van der Waals surface area contributed by atoms with Crippen LogP contribution in [0.4, 0.5) is 0 Å². The summed E-state index contributed by atoms with van der Waals surface area (Å²) in [5.74, 6) is 0. The molecule has 2 rings (SSSR count). The second-order valence-corrected chi connectivity index (χ2v) is 3.84. The summed E-state index contributed by atoms with van der Waals surface area (Å²) in [6, 6.07) is 17.9. The SMILES string of the molecule is N#Cc1ccc(C(O)c2ccccc2)cc1C#N. The van der Waals surface area contributed by atoms with Gasteiger partial charge in [-0.25, -0.2) is 0 Å². The summed E-state index contributed by atoms with van der Waals surface area (Å²) in [6.45, 7) is 0. The monoisotopic (exact) mass is 234 g/mol. The lowest BCUT2D eigenvalue weighted by molar-refractivity contribution is 0.220. The molecule has 1 unspecified atom stereocenters. The van der Waals surface area contributed by atoms with Gasteiger partial charge in [0.25, 0.3) is 0 Å². The normalized spacial score (nSPS) is 11.3. The summed E-state index contributed by atoms with van der Waals surface area (Å²) in [5.41, 5.74) is 1.97. The number of hydrogen-bond donors (Lipinski definition) is 1. The molecule has 0 aliphatic rings. The number of rotatable bonds is 2. The van der Waals surface area contributed by atoms with E-state index in [-0.39, 0.29) is 5.56 Å². The van der Waals surface area contributed by atoms with Crippen LogP contribution >= 0.6 is 0 Å². The topological polar surface area (TPSA) is 67.8 Å². The average molecular weight is 234 g/mol. The largest absolute Gasteiger partial charge is 0.384 e. The molecule has 0 aliphatic carbocycles. The third kappa shape index (κ3) is 2.22. The third-order valence-corrected chi connectivity index (χ3v) is 2.72. The van der Waals surface area contributed by atoms with Crippen LogP contribution in [0.25, 0.3) is 0 Å². The quantitative estimate of drug-likeness (QED) is 0.868. The number of benzene rings is 2. The maximum Gasteiger partial charge on any atom is 0.104 e. The Hall–Kier alpha value is -2.62. The Balaban J connectivity index is 2.42. The van der Waals surface area contributed by atoms with E-state index in [1.165, 1.54) is 0 Å². The van der Waals surface area contributed by atoms with Crippen molar-refractivity contribution in [3.05, 3.63) is 70.8 Å². The summed E-state index contributed by atoms with van der Waals surface area (Å²) in [5, 5.41) is 28.0. The Bertz CT molecular complexity index is 636. The lowest BCUT2D eigenvalue weighted by Gasteiger charge is -2.11. The second kappa shape index (κ2) is 5.14. The molecule has 3 heteroatoms. The molecule has 0 aliphatic heterocycles. The lowest BCUT2D eigenvalue weighted by Crippen LogP contribution is -2.00. The summed E-state index contributed by atoms with van der Waals surface area (Å²) < 4.78 is 0. The van der Waals surface area contributed by atoms with E-state index >= 15 is 0 Å². The van der Waals surface area contributed by atoms with Gasteiger partial charge in [0.15, 0.2) is 0 Å². The minimum Gasteiger partial charge on any atom is -0.384 e. The summed E-state index contributed by atoms with van der Waals surface area (Å²) in [6.07, 6.45) is -0.786. The maximum atomic E-state index is 10.2. The zero-order chi connectivity index (χ0) is 13.0. The van der Waals surface area contributed by atoms with Crippen LogP contribution in [0.5, 0.6) is 0 Å². The standard InChI is InChI=1S/C15H10N2O/c16-9-13-7-6-12(8-14(13)10-17)15(18)11-4-2-1-3-5-11/h1-8,15,18H. The van der Waals surface area contributed by atoms with E-state index in [4.69, 9.17) is 10.5 Å². The second-order valence-electron chi connectivity index (χ2n) is 3.84. The maximum absolute atomic E-state index is 10.2. The van der Waals surface area contributed by atoms with E-state index in [9.17, 15) is 5.11 Å². The molecular formula is C15H10N2O. The molecule has 0 heterocycles. The predicted molar refractivity (Wildman–Crippen MR) is 66.4 cm³/mol. The number of aliphatic hydroxyl groups excluding tert-OH is 1. The Kier molecular flexibility index (Phi) is 3.38. The first kappa shape index (κ1) is 11.9. The van der Waals surface area contributed by atoms with Gasteiger partial charge in [-0.3, -0.25) is 0 Å². The van der Waals surface area contributed by atoms with Crippen molar-refractivity contribution in [1.29, 1.82) is 10.5 Å². The molecule has 0 spiro atoms. The molecular weight excluding hydrogens is 224 g/mol. The molecule has 2 aromatic rings. The van der Waals surface area contributed by atoms with Crippen LogP contribution in [0.15, 0.2) is 48.5 Å². The van der Waals surface area contributed by atoms with E-state index < -0.39 is 6.10 Å². The van der Waals surface area contributed by atoms with Crippen LogP contribution < -0.4 is 0 Å². The first-order valence-electron chi connectivity index (χ1n) is 5.43. The molecule has 1 N–H and O–H groups in total. The number of nitrogens with zero attached hydrogens (tertiary/aromatic N) is 2. The predicted octanol–water partition coefficient (Wildman–Crippen LogP) is 2.51. The van der Waals surface area contributed by atoms with Crippen molar-refractivity contribution < 1.29 is 5.11 Å². The van der Waals surface area contributed by atoms with Gasteiger partial charge in [0.1, 0.15) is 18.2 Å². The zero-order valence-electron chi connectivity index (χ0n) is 9.54. The van der Waals surface area contributed by atoms with Crippen LogP contribution in [-0.4, -0.2) is 5.11 Å². The minimum atomic E-state index is -0.786. The van der Waals surface area contributed by atoms with E-state index in [0.29, 0.717) is 11.1 Å². The third-order valence-electron chi connectivity index (χ3n) is 2.72. The van der Waals surface area contributed by atoms with Gasteiger partial charge in [0, 0.05) is 0 Å². The van der Waals surface area contributed by atoms with Gasteiger partial charge in [0.05, 0.1) is 11.1 Å². The Labute approximate surface area is 105 Å². The summed E-state index contributed by atoms with van der Waals surface area (Å²) in [4.78, 5) is 0. The van der Waals surface area contributed by atoms with E-state index in [2.05, 4.69) is 0 Å². The Morgan fingerprint density at radius 3 is 2.11 bits per heavy atom. The Morgan fingerprint density at radius 1 is 0.833 bits per heavy atom. The molecule has 0 saturated carbocycles. The average Bonchev–Trinajstić information content (AvgIpc) is 2.46. The molecule has 2 aromatic carbocycles. The van der Waals surface area contributed by atoms with E-state index in [1.807, 2.05) is 42.5 Å². The van der Waals surface area contributed by atoms with Crippen molar-refractivity contribution in [1.82, 2.24) is 0 Å². The first-order chi connectivity index (χ1) is 8.76. The smallest absolute Gasteiger partial charge is 0.104 e. The molecule has 1 atom stereocenters. The molecule has 0 bridgehead atoms. The fraction of sp³-hybridized carbons (Fsp3) is 0.0667. The fourth-order valence-electron chi connectivity index (χ4n) is 1.75. The van der Waals surface area contributed by atoms with Crippen molar-refractivity contribution in [3.8, 4) is 12.1 Å². The number of nitriles is 2. The lowest BCUT2D eigenvalue weighted by atomic mass is 9.98. The van der Waals surface area contributed by atoms with Crippen LogP contribution in [0.1, 0.15) is 28.4 Å². The molecule has 86 valence electrons. The first-order valence-corrected chi connectivity index (χ1v) is 5.43. The molecule has 0 aromatic heterocycles.